The van der Waals surface area contributed by atoms with Crippen molar-refractivity contribution in [3.63, 3.8) is 0 Å². The van der Waals surface area contributed by atoms with Crippen LogP contribution in [0.3, 0.4) is 0 Å². The normalized spacial score (nSPS) is 11.1. The van der Waals surface area contributed by atoms with Gasteiger partial charge in [-0.25, -0.2) is 9.37 Å². The third-order valence-electron chi connectivity index (χ3n) is 4.41. The number of hydrogen-bond donors (Lipinski definition) is 1. The summed E-state index contributed by atoms with van der Waals surface area (Å²) < 4.78 is 21.0. The van der Waals surface area contributed by atoms with Gasteiger partial charge in [0.25, 0.3) is 5.56 Å². The van der Waals surface area contributed by atoms with Crippen molar-refractivity contribution in [2.24, 2.45) is 0 Å². The molecule has 0 aromatic carbocycles. The van der Waals surface area contributed by atoms with E-state index in [1.807, 2.05) is 6.92 Å². The molecule has 0 radical (unpaired) electrons. The molecular formula is C19H17FN6O3. The molecule has 4 aromatic rings. The number of methoxy groups -OCH3 is 1. The molecule has 0 spiro atoms. The molecule has 0 aliphatic carbocycles. The fourth-order valence-electron chi connectivity index (χ4n) is 3.00. The van der Waals surface area contributed by atoms with Crippen LogP contribution in [0.1, 0.15) is 12.6 Å². The van der Waals surface area contributed by atoms with Gasteiger partial charge in [-0.1, -0.05) is 6.92 Å². The van der Waals surface area contributed by atoms with Crippen LogP contribution in [-0.4, -0.2) is 37.2 Å². The van der Waals surface area contributed by atoms with E-state index in [0.29, 0.717) is 34.7 Å². The Morgan fingerprint density at radius 1 is 1.28 bits per heavy atom. The minimum absolute atomic E-state index is 0.158. The molecule has 0 bridgehead atoms. The Bertz CT molecular complexity index is 1280. The molecule has 4 heterocycles. The summed E-state index contributed by atoms with van der Waals surface area (Å²) in [7, 11) is 1.47. The highest BCUT2D eigenvalue weighted by Gasteiger charge is 2.17. The predicted octanol–water partition coefficient (Wildman–Crippen LogP) is 1.79. The second kappa shape index (κ2) is 7.30. The summed E-state index contributed by atoms with van der Waals surface area (Å²) >= 11 is 0. The average molecular weight is 396 g/mol. The van der Waals surface area contributed by atoms with Gasteiger partial charge in [-0.3, -0.25) is 9.59 Å². The molecule has 4 rings (SSSR count). The number of anilines is 1. The third kappa shape index (κ3) is 3.40. The second-order valence-electron chi connectivity index (χ2n) is 6.29. The Hall–Kier alpha value is -3.82. The molecule has 0 unspecified atom stereocenters. The molecule has 0 aliphatic rings. The maximum atomic E-state index is 13.0. The van der Waals surface area contributed by atoms with Crippen molar-refractivity contribution >= 4 is 28.4 Å². The van der Waals surface area contributed by atoms with Crippen LogP contribution in [-0.2, 0) is 17.8 Å². The van der Waals surface area contributed by atoms with Crippen molar-refractivity contribution in [3.8, 4) is 5.88 Å². The van der Waals surface area contributed by atoms with Gasteiger partial charge in [0.2, 0.25) is 11.8 Å². The summed E-state index contributed by atoms with van der Waals surface area (Å²) in [6, 6.07) is 7.47. The first-order valence-electron chi connectivity index (χ1n) is 8.87. The maximum Gasteiger partial charge on any atom is 0.283 e. The fraction of sp³-hybridized carbons (Fsp3) is 0.211. The summed E-state index contributed by atoms with van der Waals surface area (Å²) in [6.45, 7) is 1.76. The number of fused-ring (bicyclic) bond motifs is 2. The minimum Gasteiger partial charge on any atom is -0.481 e. The lowest BCUT2D eigenvalue weighted by Crippen LogP contribution is -2.25. The van der Waals surface area contributed by atoms with Gasteiger partial charge in [0.1, 0.15) is 23.8 Å². The predicted molar refractivity (Wildman–Crippen MR) is 104 cm³/mol. The smallest absolute Gasteiger partial charge is 0.283 e. The molecule has 29 heavy (non-hydrogen) atoms. The van der Waals surface area contributed by atoms with E-state index in [1.165, 1.54) is 23.8 Å². The number of amides is 1. The largest absolute Gasteiger partial charge is 0.481 e. The van der Waals surface area contributed by atoms with Gasteiger partial charge in [-0.2, -0.15) is 14.6 Å². The molecule has 0 saturated carbocycles. The maximum absolute atomic E-state index is 13.0. The number of aryl methyl sites for hydroxylation is 1. The van der Waals surface area contributed by atoms with Crippen LogP contribution in [0.4, 0.5) is 10.2 Å². The van der Waals surface area contributed by atoms with Gasteiger partial charge < -0.3 is 14.6 Å². The first-order chi connectivity index (χ1) is 14.0. The Balaban J connectivity index is 1.84. The molecule has 1 amide bonds. The lowest BCUT2D eigenvalue weighted by atomic mass is 10.3. The van der Waals surface area contributed by atoms with Crippen LogP contribution in [0, 0.1) is 5.82 Å². The number of hydrogen-bond acceptors (Lipinski definition) is 6. The van der Waals surface area contributed by atoms with E-state index in [2.05, 4.69) is 20.4 Å². The molecule has 148 valence electrons. The molecule has 9 nitrogen and oxygen atoms in total. The number of aromatic nitrogens is 5. The van der Waals surface area contributed by atoms with Crippen LogP contribution in [0.25, 0.3) is 16.7 Å². The van der Waals surface area contributed by atoms with E-state index in [-0.39, 0.29) is 17.9 Å². The Morgan fingerprint density at radius 3 is 2.79 bits per heavy atom. The van der Waals surface area contributed by atoms with Gasteiger partial charge in [0.15, 0.2) is 5.65 Å². The monoisotopic (exact) mass is 396 g/mol. The first kappa shape index (κ1) is 18.5. The summed E-state index contributed by atoms with van der Waals surface area (Å²) in [5, 5.41) is 7.23. The number of nitrogens with one attached hydrogen (secondary N) is 1. The number of carbonyl (C=O) groups is 1. The zero-order valence-corrected chi connectivity index (χ0v) is 15.7. The number of ether oxygens (including phenoxy) is 1. The van der Waals surface area contributed by atoms with Crippen molar-refractivity contribution in [2.45, 2.75) is 19.9 Å². The van der Waals surface area contributed by atoms with Crippen molar-refractivity contribution < 1.29 is 13.9 Å². The third-order valence-corrected chi connectivity index (χ3v) is 4.41. The van der Waals surface area contributed by atoms with Gasteiger partial charge in [0, 0.05) is 12.1 Å². The van der Waals surface area contributed by atoms with Gasteiger partial charge in [-0.05, 0) is 24.6 Å². The Kier molecular flexibility index (Phi) is 4.67. The quantitative estimate of drug-likeness (QED) is 0.552. The van der Waals surface area contributed by atoms with Gasteiger partial charge in [-0.15, -0.1) is 0 Å². The summed E-state index contributed by atoms with van der Waals surface area (Å²) in [4.78, 5) is 33.7. The number of rotatable bonds is 5. The zero-order chi connectivity index (χ0) is 20.5. The molecular weight excluding hydrogens is 379 g/mol. The van der Waals surface area contributed by atoms with E-state index in [0.717, 1.165) is 6.20 Å². The first-order valence-corrected chi connectivity index (χ1v) is 8.87. The number of carbonyl (C=O) groups excluding carboxylic acids is 1. The molecule has 4 aromatic heterocycles. The summed E-state index contributed by atoms with van der Waals surface area (Å²) in [5.41, 5.74) is 1.11. The molecule has 1 N–H and O–H groups in total. The molecule has 0 saturated heterocycles. The number of halogens is 1. The Labute approximate surface area is 163 Å². The van der Waals surface area contributed by atoms with Crippen LogP contribution < -0.4 is 15.6 Å². The van der Waals surface area contributed by atoms with E-state index >= 15 is 0 Å². The van der Waals surface area contributed by atoms with Crippen LogP contribution in [0.5, 0.6) is 5.88 Å². The van der Waals surface area contributed by atoms with Crippen molar-refractivity contribution in [3.05, 3.63) is 58.4 Å². The summed E-state index contributed by atoms with van der Waals surface area (Å²) in [5.74, 6) is -0.393. The highest BCUT2D eigenvalue weighted by Crippen LogP contribution is 2.18. The standard InChI is InChI=1S/C19H17FN6O3/c1-3-12-8-17-25(10-15(27)22-14-6-4-11(20)9-21-14)18-13(19(28)26(17)24-12)5-7-16(23-18)29-2/h4-9H,3,10H2,1-2H3,(H,21,22,27). The van der Waals surface area contributed by atoms with E-state index in [9.17, 15) is 14.0 Å². The SMILES string of the molecule is CCc1cc2n(CC(=O)Nc3ccc(F)cn3)c3nc(OC)ccc3c(=O)n2n1. The number of nitrogens with zero attached hydrogens (tertiary/aromatic N) is 5. The minimum atomic E-state index is -0.501. The summed E-state index contributed by atoms with van der Waals surface area (Å²) in [6.07, 6.45) is 1.64. The van der Waals surface area contributed by atoms with Crippen molar-refractivity contribution in [1.82, 2.24) is 24.1 Å². The molecule has 0 fully saturated rings. The van der Waals surface area contributed by atoms with Gasteiger partial charge in [0.05, 0.1) is 24.4 Å². The lowest BCUT2D eigenvalue weighted by Gasteiger charge is -2.13. The molecule has 0 atom stereocenters. The molecule has 0 aliphatic heterocycles. The Morgan fingerprint density at radius 2 is 2.10 bits per heavy atom. The van der Waals surface area contributed by atoms with Crippen LogP contribution >= 0.6 is 0 Å². The van der Waals surface area contributed by atoms with E-state index in [4.69, 9.17) is 4.74 Å². The average Bonchev–Trinajstić information content (AvgIpc) is 3.17. The van der Waals surface area contributed by atoms with Crippen molar-refractivity contribution in [2.75, 3.05) is 12.4 Å². The number of pyridine rings is 2. The van der Waals surface area contributed by atoms with Crippen molar-refractivity contribution in [1.29, 1.82) is 0 Å². The second-order valence-corrected chi connectivity index (χ2v) is 6.29. The fourth-order valence-corrected chi connectivity index (χ4v) is 3.00. The van der Waals surface area contributed by atoms with E-state index in [1.54, 1.807) is 22.8 Å². The zero-order valence-electron chi connectivity index (χ0n) is 15.7. The van der Waals surface area contributed by atoms with Crippen LogP contribution in [0.15, 0.2) is 41.3 Å². The topological polar surface area (TPSA) is 103 Å². The van der Waals surface area contributed by atoms with Crippen LogP contribution in [0.2, 0.25) is 0 Å². The highest BCUT2D eigenvalue weighted by atomic mass is 19.1. The van der Waals surface area contributed by atoms with Gasteiger partial charge >= 0.3 is 0 Å². The van der Waals surface area contributed by atoms with E-state index < -0.39 is 11.7 Å². The lowest BCUT2D eigenvalue weighted by molar-refractivity contribution is -0.116. The molecule has 10 heteroatoms. The highest BCUT2D eigenvalue weighted by molar-refractivity contribution is 5.91.